The first kappa shape index (κ1) is 24.3. The van der Waals surface area contributed by atoms with Gasteiger partial charge in [0.15, 0.2) is 0 Å². The van der Waals surface area contributed by atoms with Crippen molar-refractivity contribution in [3.63, 3.8) is 0 Å². The molecule has 3 aromatic rings. The molecule has 0 saturated heterocycles. The van der Waals surface area contributed by atoms with Crippen LogP contribution in [0, 0.1) is 13.8 Å². The molecule has 4 heteroatoms. The van der Waals surface area contributed by atoms with Crippen molar-refractivity contribution in [2.24, 2.45) is 0 Å². The zero-order valence-corrected chi connectivity index (χ0v) is 22.7. The van der Waals surface area contributed by atoms with Gasteiger partial charge in [0.25, 0.3) is 0 Å². The van der Waals surface area contributed by atoms with E-state index in [9.17, 15) is 0 Å². The summed E-state index contributed by atoms with van der Waals surface area (Å²) in [7, 11) is 0. The average molecular weight is 528 g/mol. The van der Waals surface area contributed by atoms with Gasteiger partial charge in [0.05, 0.1) is 0 Å². The van der Waals surface area contributed by atoms with Crippen LogP contribution in [0.3, 0.4) is 0 Å². The van der Waals surface area contributed by atoms with Gasteiger partial charge in [-0.25, -0.2) is 0 Å². The van der Waals surface area contributed by atoms with E-state index >= 15 is 0 Å². The Hall–Kier alpha value is -1.34. The van der Waals surface area contributed by atoms with Crippen LogP contribution in [-0.2, 0) is 23.2 Å². The number of benzene rings is 2. The third-order valence-electron chi connectivity index (χ3n) is 7.01. The summed E-state index contributed by atoms with van der Waals surface area (Å²) in [6.07, 6.45) is 3.68. The Morgan fingerprint density at radius 3 is 2.23 bits per heavy atom. The Bertz CT molecular complexity index is 1260. The molecule has 31 heavy (non-hydrogen) atoms. The topological polar surface area (TPSA) is 4.93 Å². The first-order valence-electron chi connectivity index (χ1n) is 10.5. The van der Waals surface area contributed by atoms with Crippen LogP contribution in [0.5, 0.6) is 0 Å². The molecule has 0 radical (unpaired) electrons. The van der Waals surface area contributed by atoms with Crippen molar-refractivity contribution in [3.8, 4) is 0 Å². The van der Waals surface area contributed by atoms with Crippen LogP contribution in [0.1, 0.15) is 53.2 Å². The maximum atomic E-state index is 2.56. The zero-order valence-electron chi connectivity index (χ0n) is 18.7. The minimum Gasteiger partial charge on any atom is -1.00 e. The molecule has 5 rings (SSSR count). The van der Waals surface area contributed by atoms with Gasteiger partial charge >= 0.3 is 186 Å². The number of rotatable bonds is 3. The van der Waals surface area contributed by atoms with Gasteiger partial charge < -0.3 is 24.8 Å². The molecule has 158 valence electrons. The van der Waals surface area contributed by atoms with E-state index < -0.39 is 23.2 Å². The number of hydrogen-bond donors (Lipinski definition) is 0. The summed E-state index contributed by atoms with van der Waals surface area (Å²) in [6.45, 7) is 11.5. The molecular formula is C27H27Cl2NZr. The third-order valence-corrected chi connectivity index (χ3v) is 11.4. The average Bonchev–Trinajstić information content (AvgIpc) is 3.29. The molecule has 0 N–H and O–H groups in total. The van der Waals surface area contributed by atoms with Crippen LogP contribution < -0.4 is 24.8 Å². The van der Waals surface area contributed by atoms with Crippen molar-refractivity contribution >= 4 is 22.7 Å². The van der Waals surface area contributed by atoms with Crippen molar-refractivity contribution in [1.29, 1.82) is 0 Å². The van der Waals surface area contributed by atoms with E-state index in [4.69, 9.17) is 0 Å². The van der Waals surface area contributed by atoms with E-state index in [2.05, 4.69) is 93.8 Å². The number of hydrogen-bond acceptors (Lipinski definition) is 0. The molecule has 1 nitrogen and oxygen atoms in total. The van der Waals surface area contributed by atoms with Gasteiger partial charge in [0.1, 0.15) is 0 Å². The summed E-state index contributed by atoms with van der Waals surface area (Å²) in [6, 6.07) is 18.0. The predicted molar refractivity (Wildman–Crippen MR) is 120 cm³/mol. The molecule has 0 saturated carbocycles. The molecular weight excluding hydrogens is 500 g/mol. The van der Waals surface area contributed by atoms with Gasteiger partial charge in [-0.3, -0.25) is 0 Å². The summed E-state index contributed by atoms with van der Waals surface area (Å²) in [5.74, 6) is 0. The summed E-state index contributed by atoms with van der Waals surface area (Å²) < 4.78 is 4.92. The number of halogens is 2. The van der Waals surface area contributed by atoms with Crippen LogP contribution in [0.15, 0.2) is 68.5 Å². The van der Waals surface area contributed by atoms with Crippen LogP contribution in [0.2, 0.25) is 0 Å². The minimum absolute atomic E-state index is 0. The number of aryl methyl sites for hydroxylation is 1. The smallest absolute Gasteiger partial charge is 1.00 e. The SMILES string of the molecule is CC1=C(C)C(C)=[C]([Zr+2][CH]2C(n3c(C)c(C)c4ccccc43)=Cc3ccccc32)C1.[Cl-].[Cl-]. The standard InChI is InChI=1S/C19H16N.C8H11.2ClH.Zr/c1-13-14(2)20(19-10-6-5-9-18(13)19)17-11-15-7-3-4-8-16(15)12-17;1-6-4-5-7(2)8(6)3;;;/h3-12H,1-2H3;4H2,1-3H3;2*1H;/q;;;;+2/p-2. The van der Waals surface area contributed by atoms with Crippen molar-refractivity contribution in [1.82, 2.24) is 4.57 Å². The summed E-state index contributed by atoms with van der Waals surface area (Å²) in [4.78, 5) is 0. The van der Waals surface area contributed by atoms with Gasteiger partial charge in [-0.2, -0.15) is 0 Å². The first-order valence-corrected chi connectivity index (χ1v) is 13.1. The molecule has 1 atom stereocenters. The minimum atomic E-state index is -0.824. The maximum absolute atomic E-state index is 2.56. The Labute approximate surface area is 209 Å². The molecule has 0 bridgehead atoms. The van der Waals surface area contributed by atoms with Crippen LogP contribution in [0.4, 0.5) is 0 Å². The van der Waals surface area contributed by atoms with Gasteiger partial charge in [-0.1, -0.05) is 0 Å². The van der Waals surface area contributed by atoms with Crippen LogP contribution >= 0.6 is 0 Å². The van der Waals surface area contributed by atoms with E-state index in [0.717, 1.165) is 0 Å². The molecule has 2 aliphatic rings. The fourth-order valence-corrected chi connectivity index (χ4v) is 9.59. The van der Waals surface area contributed by atoms with Crippen molar-refractivity contribution in [2.45, 2.75) is 44.7 Å². The van der Waals surface area contributed by atoms with Crippen LogP contribution in [0.25, 0.3) is 22.7 Å². The van der Waals surface area contributed by atoms with E-state index in [-0.39, 0.29) is 24.8 Å². The second-order valence-electron chi connectivity index (χ2n) is 8.52. The van der Waals surface area contributed by atoms with E-state index in [1.807, 2.05) is 0 Å². The second-order valence-corrected chi connectivity index (χ2v) is 12.1. The third kappa shape index (κ3) is 3.86. The van der Waals surface area contributed by atoms with Gasteiger partial charge in [0.2, 0.25) is 0 Å². The number of para-hydroxylation sites is 1. The first-order chi connectivity index (χ1) is 14.0. The van der Waals surface area contributed by atoms with Gasteiger partial charge in [0, 0.05) is 0 Å². The largest absolute Gasteiger partial charge is 1.00 e. The summed E-state index contributed by atoms with van der Waals surface area (Å²) in [5, 5.41) is 1.38. The fourth-order valence-electron chi connectivity index (χ4n) is 4.92. The predicted octanol–water partition coefficient (Wildman–Crippen LogP) is 1.42. The Balaban J connectivity index is 0.00000136. The Kier molecular flexibility index (Phi) is 7.26. The normalized spacial score (nSPS) is 17.3. The molecule has 0 amide bonds. The molecule has 2 aromatic carbocycles. The molecule has 0 fully saturated rings. The van der Waals surface area contributed by atoms with Crippen molar-refractivity contribution in [3.05, 3.63) is 90.9 Å². The molecule has 1 unspecified atom stereocenters. The number of fused-ring (bicyclic) bond motifs is 2. The molecule has 2 aliphatic carbocycles. The fraction of sp³-hybridized carbons (Fsp3) is 0.259. The van der Waals surface area contributed by atoms with E-state index in [1.165, 1.54) is 45.4 Å². The quantitative estimate of drug-likeness (QED) is 0.486. The second kappa shape index (κ2) is 9.26. The Morgan fingerprint density at radius 1 is 0.839 bits per heavy atom. The molecule has 0 aliphatic heterocycles. The molecule has 1 heterocycles. The number of nitrogens with zero attached hydrogens (tertiary/aromatic N) is 1. The van der Waals surface area contributed by atoms with Gasteiger partial charge in [-0.15, -0.1) is 0 Å². The molecule has 1 aromatic heterocycles. The number of aromatic nitrogens is 1. The molecule has 0 spiro atoms. The monoisotopic (exact) mass is 525 g/mol. The summed E-state index contributed by atoms with van der Waals surface area (Å²) in [5.41, 5.74) is 13.3. The summed E-state index contributed by atoms with van der Waals surface area (Å²) >= 11 is -0.824. The van der Waals surface area contributed by atoms with Gasteiger partial charge in [-0.05, 0) is 0 Å². The van der Waals surface area contributed by atoms with Crippen molar-refractivity contribution < 1.29 is 48.0 Å². The van der Waals surface area contributed by atoms with E-state index in [1.54, 1.807) is 20.0 Å². The number of allylic oxidation sites excluding steroid dienone is 5. The van der Waals surface area contributed by atoms with Crippen molar-refractivity contribution in [2.75, 3.05) is 0 Å². The Morgan fingerprint density at radius 2 is 1.52 bits per heavy atom. The maximum Gasteiger partial charge on any atom is -1.00 e. The van der Waals surface area contributed by atoms with E-state index in [0.29, 0.717) is 3.63 Å². The zero-order chi connectivity index (χ0) is 20.3. The van der Waals surface area contributed by atoms with Crippen LogP contribution in [-0.4, -0.2) is 4.57 Å².